The zero-order valence-electron chi connectivity index (χ0n) is 13.8. The van der Waals surface area contributed by atoms with Gasteiger partial charge in [-0.15, -0.1) is 0 Å². The predicted molar refractivity (Wildman–Crippen MR) is 94.6 cm³/mol. The highest BCUT2D eigenvalue weighted by atomic mass is 16.1. The molecule has 0 aliphatic rings. The van der Waals surface area contributed by atoms with Crippen molar-refractivity contribution in [2.45, 2.75) is 20.4 Å². The summed E-state index contributed by atoms with van der Waals surface area (Å²) in [5.74, 6) is -0.141. The SMILES string of the molecule is Cc1ccc(-c2ccc(C(=O)NCc3cccnc3)cn2)cc1C. The molecule has 3 rings (SSSR count). The summed E-state index contributed by atoms with van der Waals surface area (Å²) in [5.41, 5.74) is 5.91. The van der Waals surface area contributed by atoms with Crippen molar-refractivity contribution in [1.82, 2.24) is 15.3 Å². The first-order valence-electron chi connectivity index (χ1n) is 7.84. The first-order valence-corrected chi connectivity index (χ1v) is 7.84. The average molecular weight is 317 g/mol. The fourth-order valence-electron chi connectivity index (χ4n) is 2.39. The lowest BCUT2D eigenvalue weighted by molar-refractivity contribution is 0.0950. The van der Waals surface area contributed by atoms with Crippen molar-refractivity contribution in [2.24, 2.45) is 0 Å². The lowest BCUT2D eigenvalue weighted by Gasteiger charge is -2.07. The molecule has 4 heteroatoms. The highest BCUT2D eigenvalue weighted by molar-refractivity contribution is 5.94. The molecule has 1 aromatic carbocycles. The Balaban J connectivity index is 1.69. The second kappa shape index (κ2) is 7.04. The number of hydrogen-bond acceptors (Lipinski definition) is 3. The van der Waals surface area contributed by atoms with Crippen LogP contribution >= 0.6 is 0 Å². The molecule has 1 N–H and O–H groups in total. The normalized spacial score (nSPS) is 10.4. The lowest BCUT2D eigenvalue weighted by Crippen LogP contribution is -2.22. The molecule has 0 spiro atoms. The van der Waals surface area contributed by atoms with Gasteiger partial charge in [-0.25, -0.2) is 0 Å². The standard InChI is InChI=1S/C20H19N3O/c1-14-5-6-17(10-15(14)2)19-8-7-18(13-22-19)20(24)23-12-16-4-3-9-21-11-16/h3-11,13H,12H2,1-2H3,(H,23,24). The number of hydrogen-bond donors (Lipinski definition) is 1. The summed E-state index contributed by atoms with van der Waals surface area (Å²) in [6.07, 6.45) is 5.06. The second-order valence-electron chi connectivity index (χ2n) is 5.78. The molecule has 0 radical (unpaired) electrons. The van der Waals surface area contributed by atoms with Crippen LogP contribution in [0.25, 0.3) is 11.3 Å². The van der Waals surface area contributed by atoms with Crippen molar-refractivity contribution < 1.29 is 4.79 Å². The molecule has 0 unspecified atom stereocenters. The van der Waals surface area contributed by atoms with Crippen molar-refractivity contribution >= 4 is 5.91 Å². The summed E-state index contributed by atoms with van der Waals surface area (Å²) in [6.45, 7) is 4.62. The maximum absolute atomic E-state index is 12.2. The Kier molecular flexibility index (Phi) is 4.66. The third-order valence-corrected chi connectivity index (χ3v) is 4.00. The van der Waals surface area contributed by atoms with Crippen LogP contribution in [-0.2, 0) is 6.54 Å². The molecule has 24 heavy (non-hydrogen) atoms. The monoisotopic (exact) mass is 317 g/mol. The summed E-state index contributed by atoms with van der Waals surface area (Å²) in [4.78, 5) is 20.6. The van der Waals surface area contributed by atoms with Crippen molar-refractivity contribution in [3.05, 3.63) is 83.3 Å². The van der Waals surface area contributed by atoms with Gasteiger partial charge in [0.15, 0.2) is 0 Å². The average Bonchev–Trinajstić information content (AvgIpc) is 2.63. The Morgan fingerprint density at radius 2 is 1.92 bits per heavy atom. The van der Waals surface area contributed by atoms with Gasteiger partial charge < -0.3 is 5.32 Å². The zero-order valence-corrected chi connectivity index (χ0v) is 13.8. The molecule has 3 aromatic rings. The third-order valence-electron chi connectivity index (χ3n) is 4.00. The fraction of sp³-hybridized carbons (Fsp3) is 0.150. The van der Waals surface area contributed by atoms with E-state index in [0.717, 1.165) is 16.8 Å². The van der Waals surface area contributed by atoms with E-state index in [-0.39, 0.29) is 5.91 Å². The van der Waals surface area contributed by atoms with E-state index in [0.29, 0.717) is 12.1 Å². The van der Waals surface area contributed by atoms with Crippen LogP contribution in [0.15, 0.2) is 61.1 Å². The Hall–Kier alpha value is -3.01. The van der Waals surface area contributed by atoms with Crippen LogP contribution in [0.4, 0.5) is 0 Å². The first kappa shape index (κ1) is 15.9. The highest BCUT2D eigenvalue weighted by Crippen LogP contribution is 2.20. The van der Waals surface area contributed by atoms with Gasteiger partial charge in [0.05, 0.1) is 11.3 Å². The summed E-state index contributed by atoms with van der Waals surface area (Å²) >= 11 is 0. The Morgan fingerprint density at radius 1 is 1.04 bits per heavy atom. The zero-order chi connectivity index (χ0) is 16.9. The van der Waals surface area contributed by atoms with E-state index >= 15 is 0 Å². The van der Waals surface area contributed by atoms with E-state index in [1.165, 1.54) is 11.1 Å². The van der Waals surface area contributed by atoms with Crippen molar-refractivity contribution in [3.8, 4) is 11.3 Å². The van der Waals surface area contributed by atoms with E-state index in [2.05, 4.69) is 41.3 Å². The molecule has 1 amide bonds. The molecular weight excluding hydrogens is 298 g/mol. The van der Waals surface area contributed by atoms with Crippen LogP contribution in [0.1, 0.15) is 27.0 Å². The number of pyridine rings is 2. The predicted octanol–water partition coefficient (Wildman–Crippen LogP) is 3.69. The number of benzene rings is 1. The van der Waals surface area contributed by atoms with Crippen LogP contribution < -0.4 is 5.32 Å². The number of aryl methyl sites for hydroxylation is 2. The molecule has 0 fully saturated rings. The van der Waals surface area contributed by atoms with Crippen LogP contribution in [0, 0.1) is 13.8 Å². The molecule has 0 atom stereocenters. The molecule has 0 bridgehead atoms. The molecule has 0 aliphatic carbocycles. The van der Waals surface area contributed by atoms with Gasteiger partial charge in [0.25, 0.3) is 5.91 Å². The van der Waals surface area contributed by atoms with E-state index in [4.69, 9.17) is 0 Å². The Bertz CT molecular complexity index is 843. The van der Waals surface area contributed by atoms with Crippen LogP contribution in [0.5, 0.6) is 0 Å². The van der Waals surface area contributed by atoms with E-state index in [9.17, 15) is 4.79 Å². The quantitative estimate of drug-likeness (QED) is 0.798. The van der Waals surface area contributed by atoms with Crippen molar-refractivity contribution in [3.63, 3.8) is 0 Å². The first-order chi connectivity index (χ1) is 11.6. The van der Waals surface area contributed by atoms with Gasteiger partial charge in [-0.3, -0.25) is 14.8 Å². The summed E-state index contributed by atoms with van der Waals surface area (Å²) in [5, 5.41) is 2.87. The van der Waals surface area contributed by atoms with Gasteiger partial charge in [-0.2, -0.15) is 0 Å². The fourth-order valence-corrected chi connectivity index (χ4v) is 2.39. The molecule has 0 saturated heterocycles. The van der Waals surface area contributed by atoms with Gasteiger partial charge in [-0.05, 0) is 54.8 Å². The minimum absolute atomic E-state index is 0.141. The van der Waals surface area contributed by atoms with Crippen LogP contribution in [-0.4, -0.2) is 15.9 Å². The Morgan fingerprint density at radius 3 is 2.58 bits per heavy atom. The summed E-state index contributed by atoms with van der Waals surface area (Å²) in [7, 11) is 0. The summed E-state index contributed by atoms with van der Waals surface area (Å²) < 4.78 is 0. The number of aromatic nitrogens is 2. The van der Waals surface area contributed by atoms with Crippen LogP contribution in [0.3, 0.4) is 0 Å². The molecular formula is C20H19N3O. The van der Waals surface area contributed by atoms with Crippen molar-refractivity contribution in [1.29, 1.82) is 0 Å². The number of nitrogens with one attached hydrogen (secondary N) is 1. The highest BCUT2D eigenvalue weighted by Gasteiger charge is 2.07. The molecule has 0 aliphatic heterocycles. The molecule has 120 valence electrons. The minimum Gasteiger partial charge on any atom is -0.348 e. The van der Waals surface area contributed by atoms with Gasteiger partial charge in [0.1, 0.15) is 0 Å². The summed E-state index contributed by atoms with van der Waals surface area (Å²) in [6, 6.07) is 13.7. The van der Waals surface area contributed by atoms with Crippen molar-refractivity contribution in [2.75, 3.05) is 0 Å². The van der Waals surface area contributed by atoms with E-state index in [1.54, 1.807) is 24.7 Å². The molecule has 2 heterocycles. The van der Waals surface area contributed by atoms with E-state index < -0.39 is 0 Å². The number of carbonyl (C=O) groups is 1. The molecule has 4 nitrogen and oxygen atoms in total. The number of amides is 1. The topological polar surface area (TPSA) is 54.9 Å². The van der Waals surface area contributed by atoms with Gasteiger partial charge in [0.2, 0.25) is 0 Å². The maximum Gasteiger partial charge on any atom is 0.253 e. The largest absolute Gasteiger partial charge is 0.348 e. The Labute approximate surface area is 141 Å². The van der Waals surface area contributed by atoms with Crippen LogP contribution in [0.2, 0.25) is 0 Å². The second-order valence-corrected chi connectivity index (χ2v) is 5.78. The smallest absolute Gasteiger partial charge is 0.253 e. The maximum atomic E-state index is 12.2. The lowest BCUT2D eigenvalue weighted by atomic mass is 10.0. The number of rotatable bonds is 4. The van der Waals surface area contributed by atoms with Gasteiger partial charge in [-0.1, -0.05) is 18.2 Å². The molecule has 2 aromatic heterocycles. The number of carbonyl (C=O) groups excluding carboxylic acids is 1. The van der Waals surface area contributed by atoms with Gasteiger partial charge in [0, 0.05) is 30.7 Å². The third kappa shape index (κ3) is 3.66. The van der Waals surface area contributed by atoms with E-state index in [1.807, 2.05) is 24.3 Å². The molecule has 0 saturated carbocycles. The minimum atomic E-state index is -0.141. The number of nitrogens with zero attached hydrogens (tertiary/aromatic N) is 2. The van der Waals surface area contributed by atoms with Gasteiger partial charge >= 0.3 is 0 Å².